The van der Waals surface area contributed by atoms with E-state index >= 15 is 0 Å². The Hall–Kier alpha value is -3.18. The summed E-state index contributed by atoms with van der Waals surface area (Å²) in [6, 6.07) is 9.81. The average molecular weight is 407 g/mol. The summed E-state index contributed by atoms with van der Waals surface area (Å²) in [6.07, 6.45) is 2.64. The topological polar surface area (TPSA) is 130 Å². The fourth-order valence-electron chi connectivity index (χ4n) is 2.08. The Labute approximate surface area is 162 Å². The summed E-state index contributed by atoms with van der Waals surface area (Å²) in [6.45, 7) is -0.556. The van der Waals surface area contributed by atoms with Crippen molar-refractivity contribution in [1.29, 1.82) is 0 Å². The molecule has 11 heteroatoms. The van der Waals surface area contributed by atoms with Crippen molar-refractivity contribution in [2.75, 3.05) is 32.6 Å². The number of nitrogens with zero attached hydrogens (tertiary/aromatic N) is 2. The molecular formula is C17H21N5O5S. The number of carbonyl (C=O) groups excluding carboxylic acids is 2. The van der Waals surface area contributed by atoms with Gasteiger partial charge in [0.1, 0.15) is 10.6 Å². The smallest absolute Gasteiger partial charge is 0.257 e. The molecule has 28 heavy (non-hydrogen) atoms. The maximum absolute atomic E-state index is 12.3. The molecule has 0 saturated heterocycles. The molecule has 150 valence electrons. The molecule has 0 unspecified atom stereocenters. The molecule has 1 aromatic heterocycles. The first-order valence-corrected chi connectivity index (χ1v) is 9.59. The van der Waals surface area contributed by atoms with Crippen LogP contribution in [0.25, 0.3) is 0 Å². The Morgan fingerprint density at radius 3 is 2.39 bits per heavy atom. The number of hydrogen-bond acceptors (Lipinski definition) is 7. The van der Waals surface area contributed by atoms with Crippen LogP contribution in [0.4, 0.5) is 5.69 Å². The number of anilines is 1. The van der Waals surface area contributed by atoms with Crippen molar-refractivity contribution in [2.24, 2.45) is 0 Å². The first kappa shape index (κ1) is 21.1. The highest BCUT2D eigenvalue weighted by molar-refractivity contribution is 7.89. The molecule has 2 aromatic rings. The third-order valence-corrected chi connectivity index (χ3v) is 5.38. The minimum atomic E-state index is -3.85. The first-order chi connectivity index (χ1) is 13.3. The second-order valence-corrected chi connectivity index (χ2v) is 7.67. The number of pyridine rings is 1. The van der Waals surface area contributed by atoms with Crippen LogP contribution in [-0.2, 0) is 19.6 Å². The van der Waals surface area contributed by atoms with Crippen molar-refractivity contribution >= 4 is 27.5 Å². The van der Waals surface area contributed by atoms with Gasteiger partial charge in [-0.25, -0.2) is 8.42 Å². The van der Waals surface area contributed by atoms with Crippen LogP contribution in [0.5, 0.6) is 5.75 Å². The maximum atomic E-state index is 12.3. The Bertz CT molecular complexity index is 903. The summed E-state index contributed by atoms with van der Waals surface area (Å²) < 4.78 is 30.5. The van der Waals surface area contributed by atoms with E-state index in [4.69, 9.17) is 4.74 Å². The fraction of sp³-hybridized carbons (Fsp3) is 0.235. The van der Waals surface area contributed by atoms with Gasteiger partial charge in [0.2, 0.25) is 10.0 Å². The van der Waals surface area contributed by atoms with Crippen molar-refractivity contribution in [3.63, 3.8) is 0 Å². The molecule has 10 nitrogen and oxygen atoms in total. The van der Waals surface area contributed by atoms with E-state index in [-0.39, 0.29) is 11.4 Å². The monoisotopic (exact) mass is 407 g/mol. The third kappa shape index (κ3) is 5.93. The van der Waals surface area contributed by atoms with E-state index in [9.17, 15) is 18.0 Å². The number of sulfonamides is 1. The first-order valence-electron chi connectivity index (χ1n) is 8.15. The van der Waals surface area contributed by atoms with Gasteiger partial charge in [-0.15, -0.1) is 0 Å². The zero-order valence-corrected chi connectivity index (χ0v) is 16.2. The van der Waals surface area contributed by atoms with Gasteiger partial charge in [-0.1, -0.05) is 0 Å². The molecule has 0 spiro atoms. The molecule has 0 saturated carbocycles. The molecule has 3 N–H and O–H groups in total. The summed E-state index contributed by atoms with van der Waals surface area (Å²) in [4.78, 5) is 27.4. The number of aromatic nitrogens is 1. The van der Waals surface area contributed by atoms with Crippen molar-refractivity contribution < 1.29 is 22.7 Å². The van der Waals surface area contributed by atoms with Crippen molar-refractivity contribution in [3.8, 4) is 5.75 Å². The molecule has 0 fully saturated rings. The van der Waals surface area contributed by atoms with Crippen LogP contribution in [0.15, 0.2) is 53.7 Å². The van der Waals surface area contributed by atoms with Crippen molar-refractivity contribution in [2.45, 2.75) is 4.90 Å². The summed E-state index contributed by atoms with van der Waals surface area (Å²) in [5, 5.41) is 2.87. The number of hydrogen-bond donors (Lipinski definition) is 3. The minimum absolute atomic E-state index is 0.0296. The molecular weight excluding hydrogens is 386 g/mol. The maximum Gasteiger partial charge on any atom is 0.257 e. The SMILES string of the molecule is COc1ccc(NCC(=O)NNC(=O)CN(C)S(=O)(=O)c2cccnc2)cc1. The third-order valence-electron chi connectivity index (χ3n) is 3.59. The predicted molar refractivity (Wildman–Crippen MR) is 102 cm³/mol. The average Bonchev–Trinajstić information content (AvgIpc) is 2.71. The van der Waals surface area contributed by atoms with Crippen LogP contribution in [-0.4, -0.2) is 56.8 Å². The van der Waals surface area contributed by atoms with Crippen molar-refractivity contribution in [1.82, 2.24) is 20.1 Å². The lowest BCUT2D eigenvalue weighted by Crippen LogP contribution is -2.48. The van der Waals surface area contributed by atoms with E-state index in [0.717, 1.165) is 4.31 Å². The lowest BCUT2D eigenvalue weighted by molar-refractivity contribution is -0.128. The minimum Gasteiger partial charge on any atom is -0.497 e. The van der Waals surface area contributed by atoms with E-state index in [0.29, 0.717) is 11.4 Å². The van der Waals surface area contributed by atoms with Crippen LogP contribution in [0.2, 0.25) is 0 Å². The second kappa shape index (κ2) is 9.67. The van der Waals surface area contributed by atoms with Gasteiger partial charge in [-0.05, 0) is 36.4 Å². The van der Waals surface area contributed by atoms with E-state index < -0.39 is 28.4 Å². The standard InChI is InChI=1S/C17H21N5O5S/c1-22(28(25,26)15-4-3-9-18-10-15)12-17(24)21-20-16(23)11-19-13-5-7-14(27-2)8-6-13/h3-10,19H,11-12H2,1-2H3,(H,20,23)(H,21,24). The van der Waals surface area contributed by atoms with Gasteiger partial charge >= 0.3 is 0 Å². The van der Waals surface area contributed by atoms with Crippen LogP contribution in [0.1, 0.15) is 0 Å². The molecule has 0 radical (unpaired) electrons. The van der Waals surface area contributed by atoms with Gasteiger partial charge in [0.25, 0.3) is 11.8 Å². The van der Waals surface area contributed by atoms with E-state index in [1.165, 1.54) is 31.6 Å². The fourth-order valence-corrected chi connectivity index (χ4v) is 3.17. The second-order valence-electron chi connectivity index (χ2n) is 5.63. The van der Waals surface area contributed by atoms with E-state index in [1.54, 1.807) is 31.4 Å². The summed E-state index contributed by atoms with van der Waals surface area (Å²) in [5.74, 6) is -0.498. The van der Waals surface area contributed by atoms with Gasteiger partial charge in [0.15, 0.2) is 0 Å². The lowest BCUT2D eigenvalue weighted by Gasteiger charge is -2.17. The summed E-state index contributed by atoms with van der Waals surface area (Å²) in [5.41, 5.74) is 5.08. The Morgan fingerprint density at radius 2 is 1.79 bits per heavy atom. The van der Waals surface area contributed by atoms with Gasteiger partial charge in [-0.2, -0.15) is 4.31 Å². The molecule has 1 heterocycles. The molecule has 1 aromatic carbocycles. The van der Waals surface area contributed by atoms with Gasteiger partial charge in [-0.3, -0.25) is 25.4 Å². The molecule has 0 atom stereocenters. The molecule has 0 aliphatic rings. The number of benzene rings is 1. The molecule has 0 aliphatic heterocycles. The molecule has 0 bridgehead atoms. The molecule has 2 rings (SSSR count). The number of hydrazine groups is 1. The number of carbonyl (C=O) groups is 2. The molecule has 0 aliphatic carbocycles. The van der Waals surface area contributed by atoms with E-state index in [1.807, 2.05) is 0 Å². The quantitative estimate of drug-likeness (QED) is 0.524. The Morgan fingerprint density at radius 1 is 1.11 bits per heavy atom. The number of rotatable bonds is 8. The Kier molecular flexibility index (Phi) is 7.29. The number of nitrogens with one attached hydrogen (secondary N) is 3. The van der Waals surface area contributed by atoms with E-state index in [2.05, 4.69) is 21.2 Å². The van der Waals surface area contributed by atoms with Gasteiger partial charge < -0.3 is 10.1 Å². The number of likely N-dealkylation sites (N-methyl/N-ethyl adjacent to an activating group) is 1. The van der Waals surface area contributed by atoms with Crippen LogP contribution in [0, 0.1) is 0 Å². The van der Waals surface area contributed by atoms with Crippen molar-refractivity contribution in [3.05, 3.63) is 48.8 Å². The van der Waals surface area contributed by atoms with Crippen LogP contribution >= 0.6 is 0 Å². The highest BCUT2D eigenvalue weighted by Gasteiger charge is 2.23. The number of ether oxygens (including phenoxy) is 1. The molecule has 2 amide bonds. The lowest BCUT2D eigenvalue weighted by atomic mass is 10.3. The van der Waals surface area contributed by atoms with Crippen LogP contribution in [0.3, 0.4) is 0 Å². The summed E-state index contributed by atoms with van der Waals surface area (Å²) in [7, 11) is -1.04. The zero-order valence-electron chi connectivity index (χ0n) is 15.4. The highest BCUT2D eigenvalue weighted by atomic mass is 32.2. The van der Waals surface area contributed by atoms with Gasteiger partial charge in [0.05, 0.1) is 20.2 Å². The summed E-state index contributed by atoms with van der Waals surface area (Å²) >= 11 is 0. The predicted octanol–water partition coefficient (Wildman–Crippen LogP) is -0.0298. The number of amides is 2. The normalized spacial score (nSPS) is 11.0. The highest BCUT2D eigenvalue weighted by Crippen LogP contribution is 2.14. The number of methoxy groups -OCH3 is 1. The van der Waals surface area contributed by atoms with Gasteiger partial charge in [0, 0.05) is 25.1 Å². The zero-order chi connectivity index (χ0) is 20.6. The largest absolute Gasteiger partial charge is 0.497 e. The van der Waals surface area contributed by atoms with Crippen LogP contribution < -0.4 is 20.9 Å². The Balaban J connectivity index is 1.77.